The standard InChI is InChI=1S/C11H19N3OS2/c1-3-4-5-6-9(2)13-10(15)7-16-11-14-12-8-17-11/h8-9H,3-7H2,1-2H3,(H,13,15). The lowest BCUT2D eigenvalue weighted by molar-refractivity contribution is -0.119. The molecule has 1 aromatic heterocycles. The normalized spacial score (nSPS) is 12.4. The molecule has 1 unspecified atom stereocenters. The first-order valence-electron chi connectivity index (χ1n) is 5.90. The number of thioether (sulfide) groups is 1. The Bertz CT molecular complexity index is 317. The Morgan fingerprint density at radius 3 is 3.06 bits per heavy atom. The Morgan fingerprint density at radius 2 is 2.41 bits per heavy atom. The van der Waals surface area contributed by atoms with Crippen LogP contribution in [-0.4, -0.2) is 27.9 Å². The highest BCUT2D eigenvalue weighted by Crippen LogP contribution is 2.18. The molecule has 17 heavy (non-hydrogen) atoms. The monoisotopic (exact) mass is 273 g/mol. The summed E-state index contributed by atoms with van der Waals surface area (Å²) in [7, 11) is 0. The lowest BCUT2D eigenvalue weighted by Gasteiger charge is -2.12. The van der Waals surface area contributed by atoms with Crippen molar-refractivity contribution in [2.24, 2.45) is 0 Å². The fraction of sp³-hybridized carbons (Fsp3) is 0.727. The van der Waals surface area contributed by atoms with Crippen molar-refractivity contribution in [3.05, 3.63) is 5.51 Å². The van der Waals surface area contributed by atoms with Gasteiger partial charge in [0.1, 0.15) is 5.51 Å². The van der Waals surface area contributed by atoms with Crippen molar-refractivity contribution in [3.63, 3.8) is 0 Å². The molecule has 0 bridgehead atoms. The van der Waals surface area contributed by atoms with E-state index in [9.17, 15) is 4.79 Å². The van der Waals surface area contributed by atoms with E-state index in [1.165, 1.54) is 42.4 Å². The van der Waals surface area contributed by atoms with Gasteiger partial charge < -0.3 is 5.32 Å². The van der Waals surface area contributed by atoms with Crippen molar-refractivity contribution in [2.75, 3.05) is 5.75 Å². The summed E-state index contributed by atoms with van der Waals surface area (Å²) >= 11 is 2.90. The van der Waals surface area contributed by atoms with Crippen LogP contribution >= 0.6 is 23.1 Å². The fourth-order valence-corrected chi connectivity index (χ4v) is 2.74. The Labute approximate surface area is 111 Å². The summed E-state index contributed by atoms with van der Waals surface area (Å²) in [4.78, 5) is 11.6. The third kappa shape index (κ3) is 6.63. The van der Waals surface area contributed by atoms with Crippen molar-refractivity contribution in [2.45, 2.75) is 49.9 Å². The molecule has 0 aromatic carbocycles. The Kier molecular flexibility index (Phi) is 7.19. The molecule has 6 heteroatoms. The number of carbonyl (C=O) groups excluding carboxylic acids is 1. The Hall–Kier alpha value is -0.620. The highest BCUT2D eigenvalue weighted by Gasteiger charge is 2.08. The van der Waals surface area contributed by atoms with Gasteiger partial charge in [-0.15, -0.1) is 10.2 Å². The topological polar surface area (TPSA) is 54.9 Å². The first-order chi connectivity index (χ1) is 8.22. The minimum absolute atomic E-state index is 0.0780. The molecule has 1 heterocycles. The van der Waals surface area contributed by atoms with Crippen LogP contribution in [0.25, 0.3) is 0 Å². The largest absolute Gasteiger partial charge is 0.353 e. The molecule has 1 atom stereocenters. The van der Waals surface area contributed by atoms with Crippen LogP contribution in [0.1, 0.15) is 39.5 Å². The number of rotatable bonds is 8. The molecular formula is C11H19N3OS2. The fourth-order valence-electron chi connectivity index (χ4n) is 1.44. The number of unbranched alkanes of at least 4 members (excludes halogenated alkanes) is 2. The van der Waals surface area contributed by atoms with Gasteiger partial charge in [-0.3, -0.25) is 4.79 Å². The van der Waals surface area contributed by atoms with E-state index in [1.54, 1.807) is 5.51 Å². The van der Waals surface area contributed by atoms with E-state index in [1.807, 2.05) is 0 Å². The molecule has 1 rings (SSSR count). The van der Waals surface area contributed by atoms with E-state index in [2.05, 4.69) is 29.4 Å². The second-order valence-corrected chi connectivity index (χ2v) is 6.01. The molecule has 0 radical (unpaired) electrons. The third-order valence-corrected chi connectivity index (χ3v) is 4.18. The van der Waals surface area contributed by atoms with Gasteiger partial charge >= 0.3 is 0 Å². The van der Waals surface area contributed by atoms with Crippen molar-refractivity contribution < 1.29 is 4.79 Å². The third-order valence-electron chi connectivity index (χ3n) is 2.31. The van der Waals surface area contributed by atoms with Gasteiger partial charge in [-0.05, 0) is 13.3 Å². The summed E-state index contributed by atoms with van der Waals surface area (Å²) in [5, 5.41) is 10.6. The maximum atomic E-state index is 11.6. The quantitative estimate of drug-likeness (QED) is 0.584. The zero-order chi connectivity index (χ0) is 12.5. The molecule has 0 saturated carbocycles. The van der Waals surface area contributed by atoms with Gasteiger partial charge in [0.15, 0.2) is 4.34 Å². The van der Waals surface area contributed by atoms with Crippen LogP contribution in [0.2, 0.25) is 0 Å². The molecule has 1 aromatic rings. The molecule has 0 aliphatic carbocycles. The zero-order valence-corrected chi connectivity index (χ0v) is 11.9. The van der Waals surface area contributed by atoms with Crippen molar-refractivity contribution in [1.29, 1.82) is 0 Å². The number of carbonyl (C=O) groups is 1. The minimum Gasteiger partial charge on any atom is -0.353 e. The van der Waals surface area contributed by atoms with E-state index in [0.717, 1.165) is 10.8 Å². The molecule has 4 nitrogen and oxygen atoms in total. The lowest BCUT2D eigenvalue weighted by Crippen LogP contribution is -2.33. The van der Waals surface area contributed by atoms with E-state index in [-0.39, 0.29) is 11.9 Å². The molecule has 0 spiro atoms. The van der Waals surface area contributed by atoms with Gasteiger partial charge in [-0.25, -0.2) is 0 Å². The second kappa shape index (κ2) is 8.47. The van der Waals surface area contributed by atoms with Crippen LogP contribution in [0.15, 0.2) is 9.85 Å². The van der Waals surface area contributed by atoms with E-state index in [4.69, 9.17) is 0 Å². The number of nitrogens with zero attached hydrogens (tertiary/aromatic N) is 2. The highest BCUT2D eigenvalue weighted by molar-refractivity contribution is 8.01. The first kappa shape index (κ1) is 14.4. The molecule has 1 N–H and O–H groups in total. The lowest BCUT2D eigenvalue weighted by atomic mass is 10.1. The van der Waals surface area contributed by atoms with Gasteiger partial charge in [0.05, 0.1) is 5.75 Å². The van der Waals surface area contributed by atoms with Crippen LogP contribution in [0.3, 0.4) is 0 Å². The first-order valence-corrected chi connectivity index (χ1v) is 7.77. The van der Waals surface area contributed by atoms with Crippen LogP contribution < -0.4 is 5.32 Å². The van der Waals surface area contributed by atoms with Gasteiger partial charge in [-0.2, -0.15) is 0 Å². The summed E-state index contributed by atoms with van der Waals surface area (Å²) in [6.07, 6.45) is 4.69. The molecule has 0 saturated heterocycles. The number of hydrogen-bond donors (Lipinski definition) is 1. The highest BCUT2D eigenvalue weighted by atomic mass is 32.2. The maximum Gasteiger partial charge on any atom is 0.230 e. The van der Waals surface area contributed by atoms with Crippen LogP contribution in [0.4, 0.5) is 0 Å². The summed E-state index contributed by atoms with van der Waals surface area (Å²) < 4.78 is 0.846. The Morgan fingerprint density at radius 1 is 1.59 bits per heavy atom. The number of amides is 1. The van der Waals surface area contributed by atoms with Gasteiger partial charge in [0.2, 0.25) is 5.91 Å². The summed E-state index contributed by atoms with van der Waals surface area (Å²) in [6, 6.07) is 0.268. The van der Waals surface area contributed by atoms with Gasteiger partial charge in [-0.1, -0.05) is 49.3 Å². The average molecular weight is 273 g/mol. The van der Waals surface area contributed by atoms with E-state index in [0.29, 0.717) is 5.75 Å². The molecule has 96 valence electrons. The smallest absolute Gasteiger partial charge is 0.230 e. The molecule has 0 aliphatic rings. The predicted molar refractivity (Wildman–Crippen MR) is 72.4 cm³/mol. The van der Waals surface area contributed by atoms with Crippen LogP contribution in [-0.2, 0) is 4.79 Å². The van der Waals surface area contributed by atoms with Crippen molar-refractivity contribution in [3.8, 4) is 0 Å². The van der Waals surface area contributed by atoms with Crippen molar-refractivity contribution in [1.82, 2.24) is 15.5 Å². The zero-order valence-electron chi connectivity index (χ0n) is 10.3. The maximum absolute atomic E-state index is 11.6. The van der Waals surface area contributed by atoms with Gasteiger partial charge in [0.25, 0.3) is 0 Å². The molecule has 0 fully saturated rings. The molecule has 0 aliphatic heterocycles. The SMILES string of the molecule is CCCCCC(C)NC(=O)CSc1nncs1. The molecule has 1 amide bonds. The second-order valence-electron chi connectivity index (χ2n) is 3.96. The Balaban J connectivity index is 2.11. The molecular weight excluding hydrogens is 254 g/mol. The minimum atomic E-state index is 0.0780. The van der Waals surface area contributed by atoms with Gasteiger partial charge in [0, 0.05) is 6.04 Å². The van der Waals surface area contributed by atoms with Crippen LogP contribution in [0.5, 0.6) is 0 Å². The van der Waals surface area contributed by atoms with Crippen LogP contribution in [0, 0.1) is 0 Å². The summed E-state index contributed by atoms with van der Waals surface area (Å²) in [5.41, 5.74) is 1.67. The number of aromatic nitrogens is 2. The number of hydrogen-bond acceptors (Lipinski definition) is 5. The predicted octanol–water partition coefficient (Wildman–Crippen LogP) is 2.72. The summed E-state index contributed by atoms with van der Waals surface area (Å²) in [6.45, 7) is 4.24. The van der Waals surface area contributed by atoms with Crippen molar-refractivity contribution >= 4 is 29.0 Å². The summed E-state index contributed by atoms with van der Waals surface area (Å²) in [5.74, 6) is 0.502. The van der Waals surface area contributed by atoms with E-state index < -0.39 is 0 Å². The van der Waals surface area contributed by atoms with E-state index >= 15 is 0 Å². The average Bonchev–Trinajstić information content (AvgIpc) is 2.79. The number of nitrogens with one attached hydrogen (secondary N) is 1.